The molecule has 0 saturated carbocycles. The number of carboxylic acids is 1. The van der Waals surface area contributed by atoms with E-state index in [2.05, 4.69) is 4.72 Å². The summed E-state index contributed by atoms with van der Waals surface area (Å²) in [6.07, 6.45) is 0.593. The first-order valence-electron chi connectivity index (χ1n) is 6.26. The van der Waals surface area contributed by atoms with Crippen LogP contribution in [0.5, 0.6) is 0 Å². The van der Waals surface area contributed by atoms with E-state index in [-0.39, 0.29) is 16.5 Å². The zero-order chi connectivity index (χ0) is 15.5. The minimum Gasteiger partial charge on any atom is -0.478 e. The highest BCUT2D eigenvalue weighted by Gasteiger charge is 2.19. The van der Waals surface area contributed by atoms with Crippen molar-refractivity contribution in [2.45, 2.75) is 24.3 Å². The van der Waals surface area contributed by atoms with Crippen LogP contribution in [0, 0.1) is 0 Å². The summed E-state index contributed by atoms with van der Waals surface area (Å²) in [6.45, 7) is 1.78. The monoisotopic (exact) mass is 325 g/mol. The number of aromatic carboxylic acids is 1. The van der Waals surface area contributed by atoms with Gasteiger partial charge in [0.1, 0.15) is 0 Å². The predicted octanol–water partition coefficient (Wildman–Crippen LogP) is 2.36. The third kappa shape index (κ3) is 4.13. The number of hydrogen-bond donors (Lipinski definition) is 2. The Bertz CT molecular complexity index is 723. The Kier molecular flexibility index (Phi) is 4.76. The first-order valence-corrected chi connectivity index (χ1v) is 8.63. The van der Waals surface area contributed by atoms with Gasteiger partial charge in [0.05, 0.1) is 10.5 Å². The van der Waals surface area contributed by atoms with Gasteiger partial charge in [-0.25, -0.2) is 17.9 Å². The Labute approximate surface area is 127 Å². The van der Waals surface area contributed by atoms with Crippen LogP contribution in [0.1, 0.15) is 22.2 Å². The van der Waals surface area contributed by atoms with E-state index < -0.39 is 16.0 Å². The van der Waals surface area contributed by atoms with Crippen LogP contribution < -0.4 is 4.72 Å². The van der Waals surface area contributed by atoms with Gasteiger partial charge in [0.15, 0.2) is 0 Å². The second-order valence-electron chi connectivity index (χ2n) is 4.64. The standard InChI is InChI=1S/C14H15NO4S2/c1-10(8-12-5-3-7-20-12)15-21(18,19)13-6-2-4-11(9-13)14(16)17/h2-7,9-10,15H,8H2,1H3,(H,16,17). The van der Waals surface area contributed by atoms with Crippen LogP contribution in [-0.4, -0.2) is 25.5 Å². The van der Waals surface area contributed by atoms with Crippen LogP contribution in [0.2, 0.25) is 0 Å². The van der Waals surface area contributed by atoms with Crippen LogP contribution in [0.15, 0.2) is 46.7 Å². The molecule has 112 valence electrons. The van der Waals surface area contributed by atoms with Gasteiger partial charge in [0, 0.05) is 10.9 Å². The molecule has 2 rings (SSSR count). The third-order valence-corrected chi connectivity index (χ3v) is 5.32. The molecule has 7 heteroatoms. The number of rotatable bonds is 6. The van der Waals surface area contributed by atoms with E-state index >= 15 is 0 Å². The average molecular weight is 325 g/mol. The van der Waals surface area contributed by atoms with Gasteiger partial charge in [-0.1, -0.05) is 12.1 Å². The van der Waals surface area contributed by atoms with Gasteiger partial charge in [-0.15, -0.1) is 11.3 Å². The molecule has 0 aliphatic heterocycles. The summed E-state index contributed by atoms with van der Waals surface area (Å²) >= 11 is 1.57. The van der Waals surface area contributed by atoms with E-state index in [1.807, 2.05) is 17.5 Å². The zero-order valence-corrected chi connectivity index (χ0v) is 12.9. The van der Waals surface area contributed by atoms with Crippen LogP contribution in [0.4, 0.5) is 0 Å². The van der Waals surface area contributed by atoms with Crippen LogP contribution in [-0.2, 0) is 16.4 Å². The summed E-state index contributed by atoms with van der Waals surface area (Å²) < 4.78 is 27.1. The van der Waals surface area contributed by atoms with E-state index in [0.717, 1.165) is 10.9 Å². The third-order valence-electron chi connectivity index (χ3n) is 2.84. The van der Waals surface area contributed by atoms with E-state index in [9.17, 15) is 13.2 Å². The molecule has 0 saturated heterocycles. The lowest BCUT2D eigenvalue weighted by atomic mass is 10.2. The number of benzene rings is 1. The summed E-state index contributed by atoms with van der Waals surface area (Å²) in [5.74, 6) is -1.15. The Balaban J connectivity index is 2.14. The van der Waals surface area contributed by atoms with Gasteiger partial charge >= 0.3 is 5.97 Å². The number of carboxylic acid groups (broad SMARTS) is 1. The molecule has 0 amide bonds. The highest BCUT2D eigenvalue weighted by atomic mass is 32.2. The fourth-order valence-electron chi connectivity index (χ4n) is 1.90. The molecule has 1 aromatic heterocycles. The smallest absolute Gasteiger partial charge is 0.335 e. The Morgan fingerprint density at radius 2 is 2.10 bits per heavy atom. The van der Waals surface area contributed by atoms with E-state index in [1.165, 1.54) is 18.2 Å². The lowest BCUT2D eigenvalue weighted by molar-refractivity contribution is 0.0696. The Morgan fingerprint density at radius 1 is 1.33 bits per heavy atom. The lowest BCUT2D eigenvalue weighted by Gasteiger charge is -2.13. The van der Waals surface area contributed by atoms with Crippen LogP contribution in [0.3, 0.4) is 0 Å². The molecule has 1 atom stereocenters. The zero-order valence-electron chi connectivity index (χ0n) is 11.3. The van der Waals surface area contributed by atoms with Crippen molar-refractivity contribution in [2.75, 3.05) is 0 Å². The first-order chi connectivity index (χ1) is 9.88. The Morgan fingerprint density at radius 3 is 2.71 bits per heavy atom. The Hall–Kier alpha value is -1.70. The van der Waals surface area contributed by atoms with Gasteiger partial charge in [0.25, 0.3) is 0 Å². The van der Waals surface area contributed by atoms with Gasteiger partial charge in [-0.05, 0) is 43.0 Å². The predicted molar refractivity (Wildman–Crippen MR) is 81.2 cm³/mol. The van der Waals surface area contributed by atoms with Gasteiger partial charge < -0.3 is 5.11 Å². The minimum atomic E-state index is -3.73. The fourth-order valence-corrected chi connectivity index (χ4v) is 4.03. The second kappa shape index (κ2) is 6.38. The van der Waals surface area contributed by atoms with Crippen molar-refractivity contribution in [1.82, 2.24) is 4.72 Å². The molecule has 5 nitrogen and oxygen atoms in total. The van der Waals surface area contributed by atoms with Crippen molar-refractivity contribution >= 4 is 27.3 Å². The van der Waals surface area contributed by atoms with Crippen molar-refractivity contribution < 1.29 is 18.3 Å². The number of sulfonamides is 1. The molecule has 0 fully saturated rings. The number of carbonyl (C=O) groups is 1. The van der Waals surface area contributed by atoms with Crippen molar-refractivity contribution in [3.8, 4) is 0 Å². The number of nitrogens with one attached hydrogen (secondary N) is 1. The minimum absolute atomic E-state index is 0.0413. The van der Waals surface area contributed by atoms with Crippen LogP contribution in [0.25, 0.3) is 0 Å². The van der Waals surface area contributed by atoms with E-state index in [1.54, 1.807) is 18.3 Å². The lowest BCUT2D eigenvalue weighted by Crippen LogP contribution is -2.34. The highest BCUT2D eigenvalue weighted by Crippen LogP contribution is 2.15. The van der Waals surface area contributed by atoms with Crippen molar-refractivity contribution in [3.05, 3.63) is 52.2 Å². The fraction of sp³-hybridized carbons (Fsp3) is 0.214. The summed E-state index contributed by atoms with van der Waals surface area (Å²) in [4.78, 5) is 11.9. The van der Waals surface area contributed by atoms with Gasteiger partial charge in [-0.3, -0.25) is 0 Å². The first kappa shape index (κ1) is 15.7. The van der Waals surface area contributed by atoms with E-state index in [4.69, 9.17) is 5.11 Å². The molecule has 21 heavy (non-hydrogen) atoms. The molecule has 1 unspecified atom stereocenters. The quantitative estimate of drug-likeness (QED) is 0.854. The number of thiophene rings is 1. The molecule has 0 radical (unpaired) electrons. The molecule has 0 bridgehead atoms. The maximum absolute atomic E-state index is 12.2. The molecular formula is C14H15NO4S2. The van der Waals surface area contributed by atoms with E-state index in [0.29, 0.717) is 6.42 Å². The summed E-state index contributed by atoms with van der Waals surface area (Å²) in [7, 11) is -3.73. The second-order valence-corrected chi connectivity index (χ2v) is 7.39. The normalized spacial score (nSPS) is 13.0. The summed E-state index contributed by atoms with van der Waals surface area (Å²) in [5.41, 5.74) is -0.0521. The average Bonchev–Trinajstić information content (AvgIpc) is 2.91. The molecule has 0 aliphatic carbocycles. The van der Waals surface area contributed by atoms with Crippen molar-refractivity contribution in [2.24, 2.45) is 0 Å². The molecule has 1 heterocycles. The summed E-state index contributed by atoms with van der Waals surface area (Å²) in [5, 5.41) is 10.9. The molecule has 2 aromatic rings. The number of hydrogen-bond acceptors (Lipinski definition) is 4. The SMILES string of the molecule is CC(Cc1cccs1)NS(=O)(=O)c1cccc(C(=O)O)c1. The summed E-state index contributed by atoms with van der Waals surface area (Å²) in [6, 6.07) is 8.90. The molecular weight excluding hydrogens is 310 g/mol. The topological polar surface area (TPSA) is 83.5 Å². The molecule has 2 N–H and O–H groups in total. The molecule has 0 spiro atoms. The molecule has 0 aliphatic rings. The largest absolute Gasteiger partial charge is 0.478 e. The maximum Gasteiger partial charge on any atom is 0.335 e. The van der Waals surface area contributed by atoms with Gasteiger partial charge in [0.2, 0.25) is 10.0 Å². The van der Waals surface area contributed by atoms with Crippen molar-refractivity contribution in [1.29, 1.82) is 0 Å². The van der Waals surface area contributed by atoms with Crippen LogP contribution >= 0.6 is 11.3 Å². The highest BCUT2D eigenvalue weighted by molar-refractivity contribution is 7.89. The maximum atomic E-state index is 12.2. The van der Waals surface area contributed by atoms with Gasteiger partial charge in [-0.2, -0.15) is 0 Å². The molecule has 1 aromatic carbocycles. The van der Waals surface area contributed by atoms with Crippen molar-refractivity contribution in [3.63, 3.8) is 0 Å².